The Morgan fingerprint density at radius 3 is 2.77 bits per heavy atom. The molecule has 0 radical (unpaired) electrons. The van der Waals surface area contributed by atoms with Gasteiger partial charge in [-0.25, -0.2) is 19.7 Å². The maximum absolute atomic E-state index is 13.6. The molecule has 1 aliphatic carbocycles. The van der Waals surface area contributed by atoms with E-state index in [-0.39, 0.29) is 23.1 Å². The minimum absolute atomic E-state index is 0.0832. The number of carboxylic acids is 1. The molecular weight excluding hydrogens is 418 g/mol. The van der Waals surface area contributed by atoms with E-state index in [0.29, 0.717) is 23.4 Å². The molecule has 3 aromatic rings. The summed E-state index contributed by atoms with van der Waals surface area (Å²) in [5.41, 5.74) is 7.13. The van der Waals surface area contributed by atoms with Gasteiger partial charge in [-0.05, 0) is 17.4 Å². The number of nitrogen functional groups attached to an aromatic ring is 1. The van der Waals surface area contributed by atoms with Crippen LogP contribution in [0.4, 0.5) is 14.7 Å². The number of hydrogen-bond acceptors (Lipinski definition) is 8. The van der Waals surface area contributed by atoms with Crippen LogP contribution in [0, 0.1) is 0 Å². The number of carbonyl (C=O) groups excluding carboxylic acids is 1. The van der Waals surface area contributed by atoms with E-state index in [4.69, 9.17) is 10.8 Å². The number of halogens is 2. The van der Waals surface area contributed by atoms with Crippen molar-refractivity contribution in [3.8, 4) is 11.4 Å². The number of alkyl halides is 2. The van der Waals surface area contributed by atoms with Crippen LogP contribution in [0.2, 0.25) is 0 Å². The number of carboxylic acid groups (broad SMARTS) is 1. The average Bonchev–Trinajstić information content (AvgIpc) is 3.30. The van der Waals surface area contributed by atoms with Gasteiger partial charge in [0.1, 0.15) is 22.1 Å². The number of thiazole rings is 1. The van der Waals surface area contributed by atoms with Gasteiger partial charge in [0, 0.05) is 17.1 Å². The van der Waals surface area contributed by atoms with Crippen LogP contribution in [-0.4, -0.2) is 42.0 Å². The molecule has 3 heterocycles. The lowest BCUT2D eigenvalue weighted by atomic mass is 9.73. The molecule has 0 aromatic carbocycles. The van der Waals surface area contributed by atoms with Crippen LogP contribution in [0.1, 0.15) is 46.2 Å². The van der Waals surface area contributed by atoms with Gasteiger partial charge in [-0.2, -0.15) is 13.9 Å². The minimum atomic E-state index is -4.11. The molecule has 0 atom stereocenters. The number of anilines is 1. The normalized spacial score (nSPS) is 14.8. The number of rotatable bonds is 5. The Morgan fingerprint density at radius 2 is 2.07 bits per heavy atom. The zero-order valence-electron chi connectivity index (χ0n) is 15.9. The number of aliphatic carboxylic acids is 1. The van der Waals surface area contributed by atoms with Gasteiger partial charge in [-0.1, -0.05) is 13.8 Å². The summed E-state index contributed by atoms with van der Waals surface area (Å²) in [7, 11) is 0. The third-order valence-electron chi connectivity index (χ3n) is 4.92. The van der Waals surface area contributed by atoms with Gasteiger partial charge in [0.15, 0.2) is 5.78 Å². The summed E-state index contributed by atoms with van der Waals surface area (Å²) in [5.74, 6) is -6.72. The molecule has 4 N–H and O–H groups in total. The number of nitrogens with one attached hydrogen (secondary N) is 1. The van der Waals surface area contributed by atoms with Crippen molar-refractivity contribution in [1.29, 1.82) is 0 Å². The summed E-state index contributed by atoms with van der Waals surface area (Å²) in [5, 5.41) is 16.7. The Hall–Kier alpha value is -3.28. The standard InChI is InChI=1S/C18H16F2N6O3S/c1-17(2)4-7-5-22-16(21)24-12(7)14-11(17)13(25-26-14)8(27)3-10-23-9(6-30-10)18(19,20)15(28)29/h5-6H,3-4H2,1-2H3,(H,25,26)(H,28,29)(H2,21,22,24). The van der Waals surface area contributed by atoms with Gasteiger partial charge < -0.3 is 10.8 Å². The summed E-state index contributed by atoms with van der Waals surface area (Å²) < 4.78 is 27.2. The third kappa shape index (κ3) is 3.12. The van der Waals surface area contributed by atoms with Crippen LogP contribution in [0.5, 0.6) is 0 Å². The van der Waals surface area contributed by atoms with Crippen LogP contribution in [0.15, 0.2) is 11.6 Å². The molecule has 0 bridgehead atoms. The van der Waals surface area contributed by atoms with Crippen molar-refractivity contribution in [2.75, 3.05) is 5.73 Å². The molecular formula is C18H16F2N6O3S. The van der Waals surface area contributed by atoms with Crippen LogP contribution in [0.3, 0.4) is 0 Å². The lowest BCUT2D eigenvalue weighted by Gasteiger charge is -2.30. The van der Waals surface area contributed by atoms with Crippen molar-refractivity contribution >= 4 is 29.0 Å². The number of nitrogens with zero attached hydrogens (tertiary/aromatic N) is 4. The largest absolute Gasteiger partial charge is 0.476 e. The second-order valence-electron chi connectivity index (χ2n) is 7.59. The van der Waals surface area contributed by atoms with Gasteiger partial charge in [0.2, 0.25) is 5.95 Å². The first-order valence-electron chi connectivity index (χ1n) is 8.80. The van der Waals surface area contributed by atoms with Crippen LogP contribution < -0.4 is 5.73 Å². The number of aromatic nitrogens is 5. The highest BCUT2D eigenvalue weighted by molar-refractivity contribution is 7.09. The molecule has 1 aliphatic rings. The third-order valence-corrected chi connectivity index (χ3v) is 5.76. The van der Waals surface area contributed by atoms with E-state index in [1.54, 1.807) is 6.20 Å². The smallest absolute Gasteiger partial charge is 0.385 e. The minimum Gasteiger partial charge on any atom is -0.476 e. The molecule has 0 saturated carbocycles. The van der Waals surface area contributed by atoms with Gasteiger partial charge in [0.25, 0.3) is 0 Å². The van der Waals surface area contributed by atoms with Crippen LogP contribution >= 0.6 is 11.3 Å². The lowest BCUT2D eigenvalue weighted by molar-refractivity contribution is -0.166. The van der Waals surface area contributed by atoms with Crippen LogP contribution in [-0.2, 0) is 29.0 Å². The maximum atomic E-state index is 13.6. The fourth-order valence-electron chi connectivity index (χ4n) is 3.56. The first kappa shape index (κ1) is 20.0. The highest BCUT2D eigenvalue weighted by Crippen LogP contribution is 2.43. The Kier molecular flexibility index (Phi) is 4.42. The molecule has 12 heteroatoms. The van der Waals surface area contributed by atoms with Crippen molar-refractivity contribution in [2.45, 2.75) is 38.0 Å². The zero-order valence-corrected chi connectivity index (χ0v) is 16.7. The van der Waals surface area contributed by atoms with Crippen molar-refractivity contribution in [3.05, 3.63) is 39.1 Å². The predicted molar refractivity (Wildman–Crippen MR) is 102 cm³/mol. The van der Waals surface area contributed by atoms with E-state index >= 15 is 0 Å². The van der Waals surface area contributed by atoms with E-state index in [0.717, 1.165) is 22.3 Å². The first-order valence-corrected chi connectivity index (χ1v) is 9.68. The molecule has 0 aliphatic heterocycles. The first-order chi connectivity index (χ1) is 14.0. The number of carbonyl (C=O) groups is 2. The molecule has 0 unspecified atom stereocenters. The monoisotopic (exact) mass is 434 g/mol. The van der Waals surface area contributed by atoms with E-state index in [9.17, 15) is 18.4 Å². The predicted octanol–water partition coefficient (Wildman–Crippen LogP) is 2.34. The summed E-state index contributed by atoms with van der Waals surface area (Å²) in [6.07, 6.45) is 1.92. The molecule has 156 valence electrons. The van der Waals surface area contributed by atoms with E-state index in [1.165, 1.54) is 0 Å². The van der Waals surface area contributed by atoms with E-state index < -0.39 is 28.8 Å². The molecule has 0 amide bonds. The summed E-state index contributed by atoms with van der Waals surface area (Å²) in [6, 6.07) is 0. The maximum Gasteiger partial charge on any atom is 0.385 e. The van der Waals surface area contributed by atoms with Crippen LogP contribution in [0.25, 0.3) is 11.4 Å². The summed E-state index contributed by atoms with van der Waals surface area (Å²) in [6.45, 7) is 3.90. The molecule has 4 rings (SSSR count). The Balaban J connectivity index is 1.68. The number of aromatic amines is 1. The van der Waals surface area contributed by atoms with E-state index in [2.05, 4.69) is 25.1 Å². The number of ketones is 1. The van der Waals surface area contributed by atoms with Gasteiger partial charge in [0.05, 0.1) is 12.1 Å². The molecule has 3 aromatic heterocycles. The van der Waals surface area contributed by atoms with Crippen molar-refractivity contribution in [2.24, 2.45) is 0 Å². The fourth-order valence-corrected chi connectivity index (χ4v) is 4.38. The number of nitrogens with two attached hydrogens (primary N) is 1. The quantitative estimate of drug-likeness (QED) is 0.518. The van der Waals surface area contributed by atoms with Crippen molar-refractivity contribution < 1.29 is 23.5 Å². The second kappa shape index (κ2) is 6.62. The fraction of sp³-hybridized carbons (Fsp3) is 0.333. The molecule has 0 saturated heterocycles. The molecule has 30 heavy (non-hydrogen) atoms. The number of H-pyrrole nitrogens is 1. The number of Topliss-reactive ketones (excluding diaryl/α,β-unsaturated/α-hetero) is 1. The van der Waals surface area contributed by atoms with Gasteiger partial charge in [-0.15, -0.1) is 11.3 Å². The molecule has 0 fully saturated rings. The van der Waals surface area contributed by atoms with Crippen molar-refractivity contribution in [3.63, 3.8) is 0 Å². The van der Waals surface area contributed by atoms with Gasteiger partial charge >= 0.3 is 11.9 Å². The number of hydrogen-bond donors (Lipinski definition) is 3. The zero-order chi connectivity index (χ0) is 21.8. The topological polar surface area (TPSA) is 148 Å². The SMILES string of the molecule is CC1(C)Cc2cnc(N)nc2-c2n[nH]c(C(=O)Cc3nc(C(F)(F)C(=O)O)cs3)c21. The Labute approximate surface area is 172 Å². The summed E-state index contributed by atoms with van der Waals surface area (Å²) in [4.78, 5) is 35.6. The summed E-state index contributed by atoms with van der Waals surface area (Å²) >= 11 is 0.801. The lowest BCUT2D eigenvalue weighted by Crippen LogP contribution is -2.28. The highest BCUT2D eigenvalue weighted by Gasteiger charge is 2.44. The van der Waals surface area contributed by atoms with E-state index in [1.807, 2.05) is 13.8 Å². The number of fused-ring (bicyclic) bond motifs is 3. The Morgan fingerprint density at radius 1 is 1.33 bits per heavy atom. The Bertz CT molecular complexity index is 1190. The second-order valence-corrected chi connectivity index (χ2v) is 8.53. The molecule has 9 nitrogen and oxygen atoms in total. The average molecular weight is 434 g/mol. The molecule has 0 spiro atoms. The van der Waals surface area contributed by atoms with Gasteiger partial charge in [-0.3, -0.25) is 9.89 Å². The highest BCUT2D eigenvalue weighted by atomic mass is 32.1. The van der Waals surface area contributed by atoms with Crippen molar-refractivity contribution in [1.82, 2.24) is 25.1 Å².